The van der Waals surface area contributed by atoms with Gasteiger partial charge in [-0.15, -0.1) is 0 Å². The van der Waals surface area contributed by atoms with E-state index in [4.69, 9.17) is 0 Å². The summed E-state index contributed by atoms with van der Waals surface area (Å²) < 4.78 is 4.61. The highest BCUT2D eigenvalue weighted by Gasteiger charge is 2.26. The Kier molecular flexibility index (Phi) is 3.92. The van der Waals surface area contributed by atoms with Crippen LogP contribution in [0.4, 0.5) is 4.79 Å². The van der Waals surface area contributed by atoms with E-state index in [-0.39, 0.29) is 12.0 Å². The van der Waals surface area contributed by atoms with Gasteiger partial charge in [0.1, 0.15) is 5.78 Å². The summed E-state index contributed by atoms with van der Waals surface area (Å²) in [6, 6.07) is 0. The summed E-state index contributed by atoms with van der Waals surface area (Å²) in [5.41, 5.74) is 0. The number of hydrogen-bond acceptors (Lipinski definition) is 3. The van der Waals surface area contributed by atoms with Gasteiger partial charge in [0.15, 0.2) is 0 Å². The average molecular weight is 199 g/mol. The van der Waals surface area contributed by atoms with Crippen LogP contribution in [0.2, 0.25) is 0 Å². The molecule has 0 atom stereocenters. The Hall–Kier alpha value is -1.06. The van der Waals surface area contributed by atoms with Gasteiger partial charge in [-0.3, -0.25) is 4.79 Å². The fraction of sp³-hybridized carbons (Fsp3) is 0.800. The van der Waals surface area contributed by atoms with Crippen LogP contribution in [0.5, 0.6) is 0 Å². The fourth-order valence-corrected chi connectivity index (χ4v) is 1.80. The molecule has 0 aromatic rings. The molecule has 1 heterocycles. The van der Waals surface area contributed by atoms with Crippen LogP contribution in [0.3, 0.4) is 0 Å². The Morgan fingerprint density at radius 3 is 2.36 bits per heavy atom. The number of piperidine rings is 1. The van der Waals surface area contributed by atoms with Gasteiger partial charge in [0.25, 0.3) is 0 Å². The Bertz CT molecular complexity index is 195. The van der Waals surface area contributed by atoms with E-state index in [9.17, 15) is 9.59 Å². The van der Waals surface area contributed by atoms with Crippen molar-refractivity contribution in [2.24, 2.45) is 5.92 Å². The van der Waals surface area contributed by atoms with Crippen LogP contribution in [-0.4, -0.2) is 37.0 Å². The van der Waals surface area contributed by atoms with Crippen molar-refractivity contribution in [2.45, 2.75) is 26.2 Å². The minimum absolute atomic E-state index is 0.154. The molecule has 0 aromatic carbocycles. The van der Waals surface area contributed by atoms with Crippen molar-refractivity contribution in [3.8, 4) is 0 Å². The summed E-state index contributed by atoms with van der Waals surface area (Å²) in [6.45, 7) is 3.17. The van der Waals surface area contributed by atoms with Gasteiger partial charge in [-0.2, -0.15) is 0 Å². The molecule has 0 aliphatic carbocycles. The normalized spacial score (nSPS) is 18.0. The summed E-state index contributed by atoms with van der Waals surface area (Å²) in [6.07, 6.45) is 1.87. The predicted octanol–water partition coefficient (Wildman–Crippen LogP) is 1.44. The van der Waals surface area contributed by atoms with E-state index in [1.807, 2.05) is 6.92 Å². The van der Waals surface area contributed by atoms with Crippen molar-refractivity contribution in [3.05, 3.63) is 0 Å². The second-order valence-corrected chi connectivity index (χ2v) is 3.55. The number of carbonyl (C=O) groups excluding carboxylic acids is 2. The number of likely N-dealkylation sites (tertiary alicyclic amines) is 1. The van der Waals surface area contributed by atoms with Crippen molar-refractivity contribution < 1.29 is 14.3 Å². The lowest BCUT2D eigenvalue weighted by atomic mass is 9.91. The highest BCUT2D eigenvalue weighted by Crippen LogP contribution is 2.19. The number of amides is 1. The predicted molar refractivity (Wildman–Crippen MR) is 52.0 cm³/mol. The topological polar surface area (TPSA) is 46.6 Å². The lowest BCUT2D eigenvalue weighted by molar-refractivity contribution is -0.123. The largest absolute Gasteiger partial charge is 0.453 e. The molecule has 14 heavy (non-hydrogen) atoms. The van der Waals surface area contributed by atoms with E-state index >= 15 is 0 Å². The van der Waals surface area contributed by atoms with E-state index in [0.717, 1.165) is 12.8 Å². The first-order valence-electron chi connectivity index (χ1n) is 5.04. The summed E-state index contributed by atoms with van der Waals surface area (Å²) in [5, 5.41) is 0. The Balaban J connectivity index is 2.38. The van der Waals surface area contributed by atoms with Gasteiger partial charge in [0.2, 0.25) is 0 Å². The van der Waals surface area contributed by atoms with Crippen LogP contribution < -0.4 is 0 Å². The molecule has 1 amide bonds. The highest BCUT2D eigenvalue weighted by molar-refractivity contribution is 5.81. The molecule has 0 N–H and O–H groups in total. The van der Waals surface area contributed by atoms with Crippen molar-refractivity contribution in [3.63, 3.8) is 0 Å². The number of methoxy groups -OCH3 is 1. The van der Waals surface area contributed by atoms with Crippen LogP contribution in [0, 0.1) is 5.92 Å². The highest BCUT2D eigenvalue weighted by atomic mass is 16.5. The third-order valence-corrected chi connectivity index (χ3v) is 2.73. The maximum absolute atomic E-state index is 11.4. The average Bonchev–Trinajstić information content (AvgIpc) is 2.27. The van der Waals surface area contributed by atoms with Gasteiger partial charge in [-0.25, -0.2) is 4.79 Å². The number of carbonyl (C=O) groups is 2. The summed E-state index contributed by atoms with van der Waals surface area (Å²) in [7, 11) is 1.38. The minimum atomic E-state index is -0.285. The lowest BCUT2D eigenvalue weighted by Gasteiger charge is -2.29. The number of rotatable bonds is 2. The van der Waals surface area contributed by atoms with Crippen LogP contribution in [0.15, 0.2) is 0 Å². The fourth-order valence-electron chi connectivity index (χ4n) is 1.80. The van der Waals surface area contributed by atoms with Crippen LogP contribution in [0.25, 0.3) is 0 Å². The monoisotopic (exact) mass is 199 g/mol. The standard InChI is InChI=1S/C10H17NO3/c1-3-9(12)8-4-6-11(7-5-8)10(13)14-2/h8H,3-7H2,1-2H3. The molecule has 1 fully saturated rings. The zero-order chi connectivity index (χ0) is 10.6. The summed E-state index contributed by atoms with van der Waals surface area (Å²) in [5.74, 6) is 0.468. The maximum atomic E-state index is 11.4. The van der Waals surface area contributed by atoms with Crippen LogP contribution in [-0.2, 0) is 9.53 Å². The van der Waals surface area contributed by atoms with Crippen LogP contribution in [0.1, 0.15) is 26.2 Å². The molecule has 1 rings (SSSR count). The molecule has 80 valence electrons. The van der Waals surface area contributed by atoms with Gasteiger partial charge >= 0.3 is 6.09 Å². The number of nitrogens with zero attached hydrogens (tertiary/aromatic N) is 1. The summed E-state index contributed by atoms with van der Waals surface area (Å²) >= 11 is 0. The van der Waals surface area contributed by atoms with Crippen molar-refractivity contribution >= 4 is 11.9 Å². The second kappa shape index (κ2) is 4.98. The molecule has 1 aliphatic rings. The van der Waals surface area contributed by atoms with Crippen molar-refractivity contribution in [1.29, 1.82) is 0 Å². The molecular weight excluding hydrogens is 182 g/mol. The molecule has 0 aromatic heterocycles. The number of ketones is 1. The Morgan fingerprint density at radius 1 is 1.36 bits per heavy atom. The molecular formula is C10H17NO3. The van der Waals surface area contributed by atoms with E-state index in [1.54, 1.807) is 4.90 Å². The smallest absolute Gasteiger partial charge is 0.409 e. The Labute approximate surface area is 84.2 Å². The number of hydrogen-bond donors (Lipinski definition) is 0. The van der Waals surface area contributed by atoms with Crippen molar-refractivity contribution in [2.75, 3.05) is 20.2 Å². The molecule has 0 unspecified atom stereocenters. The van der Waals surface area contributed by atoms with E-state index in [1.165, 1.54) is 7.11 Å². The molecule has 1 saturated heterocycles. The third kappa shape index (κ3) is 2.47. The van der Waals surface area contributed by atoms with E-state index < -0.39 is 0 Å². The molecule has 1 aliphatic heterocycles. The van der Waals surface area contributed by atoms with Gasteiger partial charge in [0, 0.05) is 25.4 Å². The lowest BCUT2D eigenvalue weighted by Crippen LogP contribution is -2.40. The number of Topliss-reactive ketones (excluding diaryl/α,β-unsaturated/α-hetero) is 1. The van der Waals surface area contributed by atoms with Crippen LogP contribution >= 0.6 is 0 Å². The zero-order valence-electron chi connectivity index (χ0n) is 8.78. The van der Waals surface area contributed by atoms with Gasteiger partial charge in [-0.05, 0) is 12.8 Å². The van der Waals surface area contributed by atoms with Gasteiger partial charge in [0.05, 0.1) is 7.11 Å². The molecule has 4 heteroatoms. The third-order valence-electron chi connectivity index (χ3n) is 2.73. The molecule has 0 spiro atoms. The summed E-state index contributed by atoms with van der Waals surface area (Å²) in [4.78, 5) is 24.2. The first kappa shape index (κ1) is 11.0. The molecule has 0 radical (unpaired) electrons. The zero-order valence-corrected chi connectivity index (χ0v) is 8.78. The van der Waals surface area contributed by atoms with Gasteiger partial charge in [-0.1, -0.05) is 6.92 Å². The van der Waals surface area contributed by atoms with E-state index in [0.29, 0.717) is 25.3 Å². The SMILES string of the molecule is CCC(=O)C1CCN(C(=O)OC)CC1. The quantitative estimate of drug-likeness (QED) is 0.676. The number of ether oxygens (including phenoxy) is 1. The molecule has 0 bridgehead atoms. The molecule has 0 saturated carbocycles. The second-order valence-electron chi connectivity index (χ2n) is 3.55. The maximum Gasteiger partial charge on any atom is 0.409 e. The van der Waals surface area contributed by atoms with E-state index in [2.05, 4.69) is 4.74 Å². The first-order valence-corrected chi connectivity index (χ1v) is 5.04. The minimum Gasteiger partial charge on any atom is -0.453 e. The van der Waals surface area contributed by atoms with Crippen molar-refractivity contribution in [1.82, 2.24) is 4.90 Å². The van der Waals surface area contributed by atoms with Gasteiger partial charge < -0.3 is 9.64 Å². The Morgan fingerprint density at radius 2 is 1.93 bits per heavy atom. The molecule has 4 nitrogen and oxygen atoms in total. The first-order chi connectivity index (χ1) is 6.69.